The number of aromatic nitrogens is 2. The number of benzene rings is 3. The van der Waals surface area contributed by atoms with Crippen LogP contribution in [-0.2, 0) is 48.9 Å². The Hall–Kier alpha value is -4.27. The van der Waals surface area contributed by atoms with Crippen LogP contribution in [0.25, 0.3) is 0 Å². The van der Waals surface area contributed by atoms with E-state index in [0.717, 1.165) is 39.5 Å². The Kier molecular flexibility index (Phi) is 8.85. The molecule has 0 saturated carbocycles. The van der Waals surface area contributed by atoms with Gasteiger partial charge in [-0.1, -0.05) is 48.5 Å². The van der Waals surface area contributed by atoms with Gasteiger partial charge < -0.3 is 10.5 Å². The number of alkyl halides is 6. The molecule has 2 N–H and O–H groups in total. The predicted octanol–water partition coefficient (Wildman–Crippen LogP) is 5.96. The molecule has 0 radical (unpaired) electrons. The molecule has 48 heavy (non-hydrogen) atoms. The topological polar surface area (TPSA) is 82.5 Å². The number of hydrogen-bond donors (Lipinski definition) is 1. The van der Waals surface area contributed by atoms with Crippen molar-refractivity contribution in [3.63, 3.8) is 0 Å². The fourth-order valence-electron chi connectivity index (χ4n) is 6.62. The Bertz CT molecular complexity index is 1910. The van der Waals surface area contributed by atoms with E-state index in [1.54, 1.807) is 30.3 Å². The molecule has 0 amide bonds. The first-order valence-corrected chi connectivity index (χ1v) is 15.2. The van der Waals surface area contributed by atoms with Crippen molar-refractivity contribution in [2.75, 3.05) is 13.1 Å². The SMILES string of the molecule is N[C@@H](Cn1c(=O)c2c(n(Cc3c(F)cccc3C(F)(F)F)c1=O)COC21CCN(Cc2ccc(C(F)(F)F)cc2)CC1)c1ccccc1. The number of fused-ring (bicyclic) bond motifs is 2. The quantitative estimate of drug-likeness (QED) is 0.245. The van der Waals surface area contributed by atoms with E-state index in [1.165, 1.54) is 12.1 Å². The highest BCUT2D eigenvalue weighted by molar-refractivity contribution is 5.35. The maximum absolute atomic E-state index is 15.0. The first-order chi connectivity index (χ1) is 22.7. The highest BCUT2D eigenvalue weighted by atomic mass is 19.4. The molecule has 4 aromatic rings. The number of ether oxygens (including phenoxy) is 1. The first-order valence-electron chi connectivity index (χ1n) is 15.2. The summed E-state index contributed by atoms with van der Waals surface area (Å²) in [6.07, 6.45) is -8.85. The van der Waals surface area contributed by atoms with E-state index in [4.69, 9.17) is 10.5 Å². The van der Waals surface area contributed by atoms with Gasteiger partial charge in [0.2, 0.25) is 0 Å². The molecule has 6 rings (SSSR count). The number of rotatable bonds is 7. The summed E-state index contributed by atoms with van der Waals surface area (Å²) in [7, 11) is 0. The largest absolute Gasteiger partial charge is 0.416 e. The summed E-state index contributed by atoms with van der Waals surface area (Å²) >= 11 is 0. The number of likely N-dealkylation sites (tertiary alicyclic amines) is 1. The minimum atomic E-state index is -4.91. The number of hydrogen-bond acceptors (Lipinski definition) is 5. The van der Waals surface area contributed by atoms with Crippen LogP contribution in [0.15, 0.2) is 82.4 Å². The molecule has 254 valence electrons. The molecule has 3 aromatic carbocycles. The van der Waals surface area contributed by atoms with Gasteiger partial charge in [0.05, 0.1) is 42.1 Å². The second kappa shape index (κ2) is 12.6. The summed E-state index contributed by atoms with van der Waals surface area (Å²) in [5.41, 5.74) is 2.28. The van der Waals surface area contributed by atoms with Crippen LogP contribution in [0.5, 0.6) is 0 Å². The molecule has 7 nitrogen and oxygen atoms in total. The minimum absolute atomic E-state index is 0.0714. The lowest BCUT2D eigenvalue weighted by Gasteiger charge is -2.39. The normalized spacial score (nSPS) is 17.1. The first kappa shape index (κ1) is 33.6. The molecule has 2 aliphatic rings. The highest BCUT2D eigenvalue weighted by Gasteiger charge is 2.47. The van der Waals surface area contributed by atoms with Crippen molar-refractivity contribution in [1.29, 1.82) is 0 Å². The molecular weight excluding hydrogens is 645 g/mol. The lowest BCUT2D eigenvalue weighted by atomic mass is 9.85. The molecule has 14 heteroatoms. The van der Waals surface area contributed by atoms with Crippen molar-refractivity contribution in [3.05, 3.63) is 139 Å². The molecule has 0 unspecified atom stereocenters. The van der Waals surface area contributed by atoms with Gasteiger partial charge in [-0.2, -0.15) is 26.3 Å². The average Bonchev–Trinajstić information content (AvgIpc) is 3.41. The molecular formula is C34H31F7N4O3. The minimum Gasteiger partial charge on any atom is -0.364 e. The molecule has 0 aliphatic carbocycles. The van der Waals surface area contributed by atoms with E-state index < -0.39 is 64.3 Å². The van der Waals surface area contributed by atoms with Crippen molar-refractivity contribution in [1.82, 2.24) is 14.0 Å². The van der Waals surface area contributed by atoms with Gasteiger partial charge in [0, 0.05) is 31.2 Å². The van der Waals surface area contributed by atoms with E-state index in [9.17, 15) is 35.9 Å². The predicted molar refractivity (Wildman–Crippen MR) is 161 cm³/mol. The maximum atomic E-state index is 15.0. The van der Waals surface area contributed by atoms with Crippen molar-refractivity contribution in [3.8, 4) is 0 Å². The van der Waals surface area contributed by atoms with Crippen LogP contribution in [0.2, 0.25) is 0 Å². The van der Waals surface area contributed by atoms with Crippen LogP contribution in [0.3, 0.4) is 0 Å². The van der Waals surface area contributed by atoms with Gasteiger partial charge >= 0.3 is 18.0 Å². The Morgan fingerprint density at radius 3 is 2.10 bits per heavy atom. The van der Waals surface area contributed by atoms with Gasteiger partial charge in [0.15, 0.2) is 0 Å². The molecule has 2 aliphatic heterocycles. The second-order valence-electron chi connectivity index (χ2n) is 12.1. The lowest BCUT2D eigenvalue weighted by Crippen LogP contribution is -2.49. The van der Waals surface area contributed by atoms with Crippen molar-refractivity contribution >= 4 is 0 Å². The number of piperidine rings is 1. The summed E-state index contributed by atoms with van der Waals surface area (Å²) in [4.78, 5) is 30.1. The second-order valence-corrected chi connectivity index (χ2v) is 12.1. The molecule has 1 spiro atoms. The lowest BCUT2D eigenvalue weighted by molar-refractivity contribution is -0.139. The van der Waals surface area contributed by atoms with Crippen molar-refractivity contribution in [2.24, 2.45) is 5.73 Å². The van der Waals surface area contributed by atoms with E-state index in [-0.39, 0.29) is 37.3 Å². The van der Waals surface area contributed by atoms with Gasteiger partial charge in [-0.05, 0) is 48.2 Å². The van der Waals surface area contributed by atoms with Crippen molar-refractivity contribution in [2.45, 2.75) is 63.1 Å². The van der Waals surface area contributed by atoms with Crippen LogP contribution in [0, 0.1) is 5.82 Å². The van der Waals surface area contributed by atoms with Crippen LogP contribution >= 0.6 is 0 Å². The van der Waals surface area contributed by atoms with Crippen LogP contribution < -0.4 is 17.0 Å². The zero-order chi connectivity index (χ0) is 34.4. The summed E-state index contributed by atoms with van der Waals surface area (Å²) in [5.74, 6) is -1.16. The van der Waals surface area contributed by atoms with Crippen LogP contribution in [0.4, 0.5) is 30.7 Å². The monoisotopic (exact) mass is 676 g/mol. The zero-order valence-electron chi connectivity index (χ0n) is 25.5. The molecule has 1 atom stereocenters. The van der Waals surface area contributed by atoms with Gasteiger partial charge in [-0.15, -0.1) is 0 Å². The summed E-state index contributed by atoms with van der Waals surface area (Å²) in [6, 6.07) is 15.2. The zero-order valence-corrected chi connectivity index (χ0v) is 25.5. The standard InChI is InChI=1S/C34H31F7N4O3/c35-26-8-4-7-25(34(39,40)41)24(26)18-44-28-20-48-32(13-15-43(16-14-32)17-21-9-11-23(12-10-21)33(36,37)38)29(28)30(46)45(31(44)47)19-27(42)22-5-2-1-3-6-22/h1-12,27H,13-20,42H2/t27-/m0/s1. The van der Waals surface area contributed by atoms with Gasteiger partial charge in [-0.25, -0.2) is 9.18 Å². The maximum Gasteiger partial charge on any atom is 0.416 e. The average molecular weight is 677 g/mol. The third-order valence-electron chi connectivity index (χ3n) is 9.17. The van der Waals surface area contributed by atoms with Crippen molar-refractivity contribution < 1.29 is 35.5 Å². The summed E-state index contributed by atoms with van der Waals surface area (Å²) < 4.78 is 104. The Morgan fingerprint density at radius 2 is 1.48 bits per heavy atom. The van der Waals surface area contributed by atoms with Gasteiger partial charge in [-0.3, -0.25) is 18.8 Å². The number of nitrogens with zero attached hydrogens (tertiary/aromatic N) is 3. The van der Waals surface area contributed by atoms with Crippen LogP contribution in [0.1, 0.15) is 58.0 Å². The molecule has 1 saturated heterocycles. The van der Waals surface area contributed by atoms with E-state index >= 15 is 4.39 Å². The molecule has 1 fully saturated rings. The fraction of sp³-hybridized carbons (Fsp3) is 0.353. The Morgan fingerprint density at radius 1 is 0.812 bits per heavy atom. The number of nitrogens with two attached hydrogens (primary N) is 1. The van der Waals surface area contributed by atoms with E-state index in [1.807, 2.05) is 4.90 Å². The van der Waals surface area contributed by atoms with E-state index in [0.29, 0.717) is 30.8 Å². The summed E-state index contributed by atoms with van der Waals surface area (Å²) in [6.45, 7) is -0.288. The Balaban J connectivity index is 1.37. The van der Waals surface area contributed by atoms with Gasteiger partial charge in [0.25, 0.3) is 5.56 Å². The third kappa shape index (κ3) is 6.43. The Labute approximate surface area is 270 Å². The fourth-order valence-corrected chi connectivity index (χ4v) is 6.62. The smallest absolute Gasteiger partial charge is 0.364 e. The third-order valence-corrected chi connectivity index (χ3v) is 9.17. The molecule has 3 heterocycles. The van der Waals surface area contributed by atoms with Crippen LogP contribution in [-0.4, -0.2) is 27.1 Å². The van der Waals surface area contributed by atoms with E-state index in [2.05, 4.69) is 0 Å². The highest BCUT2D eigenvalue weighted by Crippen LogP contribution is 2.43. The summed E-state index contributed by atoms with van der Waals surface area (Å²) in [5, 5.41) is 0. The molecule has 0 bridgehead atoms. The number of halogens is 7. The van der Waals surface area contributed by atoms with Gasteiger partial charge in [0.1, 0.15) is 11.4 Å². The molecule has 1 aromatic heterocycles.